The summed E-state index contributed by atoms with van der Waals surface area (Å²) >= 11 is 0. The van der Waals surface area contributed by atoms with Gasteiger partial charge in [0.2, 0.25) is 0 Å². The standard InChI is InChI=1S/C21H22N4O/c22-11-16-4-6-17(7-5-16)12-24-13-18-8-9-19(24)15-25(14-18)21(26)20-3-1-2-10-23-20/h1-7,10,18-19H,8-9,12-15H2. The fourth-order valence-electron chi connectivity index (χ4n) is 4.11. The molecule has 1 aromatic heterocycles. The largest absolute Gasteiger partial charge is 0.335 e. The summed E-state index contributed by atoms with van der Waals surface area (Å²) in [6, 6.07) is 15.9. The molecule has 5 nitrogen and oxygen atoms in total. The van der Waals surface area contributed by atoms with Gasteiger partial charge in [0.05, 0.1) is 11.6 Å². The number of carbonyl (C=O) groups is 1. The number of hydrogen-bond donors (Lipinski definition) is 0. The van der Waals surface area contributed by atoms with E-state index in [1.165, 1.54) is 12.0 Å². The lowest BCUT2D eigenvalue weighted by molar-refractivity contribution is 0.0730. The molecule has 132 valence electrons. The van der Waals surface area contributed by atoms with Gasteiger partial charge in [0.25, 0.3) is 5.91 Å². The van der Waals surface area contributed by atoms with E-state index in [0.717, 1.165) is 32.6 Å². The third-order valence-corrected chi connectivity index (χ3v) is 5.47. The lowest BCUT2D eigenvalue weighted by Crippen LogP contribution is -2.44. The van der Waals surface area contributed by atoms with Crippen molar-refractivity contribution < 1.29 is 4.79 Å². The second-order valence-corrected chi connectivity index (χ2v) is 7.26. The molecule has 3 saturated heterocycles. The topological polar surface area (TPSA) is 60.2 Å². The van der Waals surface area contributed by atoms with E-state index in [1.54, 1.807) is 12.3 Å². The number of pyridine rings is 1. The molecule has 2 aromatic rings. The third-order valence-electron chi connectivity index (χ3n) is 5.47. The number of hydrogen-bond acceptors (Lipinski definition) is 4. The second-order valence-electron chi connectivity index (χ2n) is 7.26. The molecule has 2 bridgehead atoms. The number of benzene rings is 1. The molecule has 5 heteroatoms. The van der Waals surface area contributed by atoms with Crippen LogP contribution in [0.2, 0.25) is 0 Å². The van der Waals surface area contributed by atoms with Crippen molar-refractivity contribution in [3.8, 4) is 6.07 Å². The first kappa shape index (κ1) is 16.7. The van der Waals surface area contributed by atoms with Crippen LogP contribution in [0.25, 0.3) is 0 Å². The van der Waals surface area contributed by atoms with Crippen LogP contribution in [-0.2, 0) is 6.54 Å². The van der Waals surface area contributed by atoms with Crippen molar-refractivity contribution in [2.45, 2.75) is 25.4 Å². The summed E-state index contributed by atoms with van der Waals surface area (Å²) in [5.41, 5.74) is 2.45. The summed E-state index contributed by atoms with van der Waals surface area (Å²) in [5.74, 6) is 0.558. The van der Waals surface area contributed by atoms with Crippen LogP contribution < -0.4 is 0 Å². The van der Waals surface area contributed by atoms with E-state index < -0.39 is 0 Å². The van der Waals surface area contributed by atoms with E-state index in [0.29, 0.717) is 23.2 Å². The molecule has 4 heterocycles. The minimum Gasteiger partial charge on any atom is -0.335 e. The number of fused-ring (bicyclic) bond motifs is 4. The highest BCUT2D eigenvalue weighted by Gasteiger charge is 2.36. The molecule has 0 saturated carbocycles. The monoisotopic (exact) mass is 346 g/mol. The highest BCUT2D eigenvalue weighted by molar-refractivity contribution is 5.92. The van der Waals surface area contributed by atoms with Gasteiger partial charge in [-0.3, -0.25) is 14.7 Å². The molecule has 5 rings (SSSR count). The van der Waals surface area contributed by atoms with Gasteiger partial charge in [-0.15, -0.1) is 0 Å². The van der Waals surface area contributed by atoms with Gasteiger partial charge in [-0.25, -0.2) is 0 Å². The van der Waals surface area contributed by atoms with Crippen LogP contribution in [0.4, 0.5) is 0 Å². The van der Waals surface area contributed by atoms with Crippen molar-refractivity contribution >= 4 is 5.91 Å². The van der Waals surface area contributed by atoms with Gasteiger partial charge in [0.1, 0.15) is 5.69 Å². The van der Waals surface area contributed by atoms with Crippen LogP contribution >= 0.6 is 0 Å². The highest BCUT2D eigenvalue weighted by atomic mass is 16.2. The van der Waals surface area contributed by atoms with Gasteiger partial charge in [-0.2, -0.15) is 5.26 Å². The van der Waals surface area contributed by atoms with Crippen LogP contribution in [0, 0.1) is 17.2 Å². The summed E-state index contributed by atoms with van der Waals surface area (Å²) in [7, 11) is 0. The van der Waals surface area contributed by atoms with Crippen LogP contribution in [0.15, 0.2) is 48.7 Å². The maximum Gasteiger partial charge on any atom is 0.272 e. The summed E-state index contributed by atoms with van der Waals surface area (Å²) in [6.07, 6.45) is 3.99. The molecule has 2 unspecified atom stereocenters. The Bertz CT molecular complexity index is 812. The Morgan fingerprint density at radius 3 is 2.69 bits per heavy atom. The molecule has 0 aliphatic carbocycles. The van der Waals surface area contributed by atoms with E-state index in [4.69, 9.17) is 5.26 Å². The molecule has 26 heavy (non-hydrogen) atoms. The molecule has 1 amide bonds. The Balaban J connectivity index is 1.47. The van der Waals surface area contributed by atoms with Gasteiger partial charge in [-0.1, -0.05) is 18.2 Å². The predicted octanol–water partition coefficient (Wildman–Crippen LogP) is 2.69. The predicted molar refractivity (Wildman–Crippen MR) is 98.2 cm³/mol. The number of rotatable bonds is 3. The van der Waals surface area contributed by atoms with Crippen molar-refractivity contribution in [2.24, 2.45) is 5.92 Å². The minimum atomic E-state index is 0.0442. The Labute approximate surface area is 153 Å². The molecular weight excluding hydrogens is 324 g/mol. The average molecular weight is 346 g/mol. The van der Waals surface area contributed by atoms with Gasteiger partial charge in [-0.05, 0) is 48.6 Å². The van der Waals surface area contributed by atoms with Crippen molar-refractivity contribution in [3.05, 3.63) is 65.5 Å². The molecular formula is C21H22N4O. The summed E-state index contributed by atoms with van der Waals surface area (Å²) in [4.78, 5) is 21.5. The molecule has 1 aromatic carbocycles. The van der Waals surface area contributed by atoms with Crippen molar-refractivity contribution in [1.82, 2.24) is 14.8 Å². The van der Waals surface area contributed by atoms with Gasteiger partial charge in [0.15, 0.2) is 0 Å². The molecule has 3 aliphatic heterocycles. The fraction of sp³-hybridized carbons (Fsp3) is 0.381. The summed E-state index contributed by atoms with van der Waals surface area (Å²) in [6.45, 7) is 3.48. The van der Waals surface area contributed by atoms with E-state index in [-0.39, 0.29) is 5.91 Å². The summed E-state index contributed by atoms with van der Waals surface area (Å²) in [5, 5.41) is 8.95. The van der Waals surface area contributed by atoms with E-state index in [1.807, 2.05) is 41.3 Å². The number of nitriles is 1. The van der Waals surface area contributed by atoms with E-state index in [9.17, 15) is 4.79 Å². The number of nitrogens with zero attached hydrogens (tertiary/aromatic N) is 4. The molecule has 0 spiro atoms. The fourth-order valence-corrected chi connectivity index (χ4v) is 4.11. The third kappa shape index (κ3) is 3.47. The zero-order chi connectivity index (χ0) is 17.9. The van der Waals surface area contributed by atoms with E-state index in [2.05, 4.69) is 16.0 Å². The Morgan fingerprint density at radius 1 is 1.12 bits per heavy atom. The number of aromatic nitrogens is 1. The Hall–Kier alpha value is -2.71. The average Bonchev–Trinajstić information content (AvgIpc) is 3.00. The number of amides is 1. The molecule has 2 atom stereocenters. The van der Waals surface area contributed by atoms with Gasteiger partial charge < -0.3 is 4.90 Å². The van der Waals surface area contributed by atoms with Gasteiger partial charge >= 0.3 is 0 Å². The van der Waals surface area contributed by atoms with Crippen LogP contribution in [-0.4, -0.2) is 46.4 Å². The zero-order valence-electron chi connectivity index (χ0n) is 14.7. The highest BCUT2D eigenvalue weighted by Crippen LogP contribution is 2.29. The molecule has 3 fully saturated rings. The van der Waals surface area contributed by atoms with Crippen LogP contribution in [0.1, 0.15) is 34.5 Å². The molecule has 0 radical (unpaired) electrons. The smallest absolute Gasteiger partial charge is 0.272 e. The van der Waals surface area contributed by atoms with Crippen molar-refractivity contribution in [1.29, 1.82) is 5.26 Å². The number of carbonyl (C=O) groups excluding carboxylic acids is 1. The SMILES string of the molecule is N#Cc1ccc(CN2CC3CCC2CN(C(=O)c2ccccn2)C3)cc1. The first-order chi connectivity index (χ1) is 12.7. The molecule has 0 N–H and O–H groups in total. The molecule has 3 aliphatic rings. The second kappa shape index (κ2) is 7.27. The number of piperidine rings is 1. The lowest BCUT2D eigenvalue weighted by Gasteiger charge is -2.36. The maximum atomic E-state index is 12.8. The Kier molecular flexibility index (Phi) is 4.68. The summed E-state index contributed by atoms with van der Waals surface area (Å²) < 4.78 is 0. The van der Waals surface area contributed by atoms with Crippen molar-refractivity contribution in [2.75, 3.05) is 19.6 Å². The van der Waals surface area contributed by atoms with Crippen molar-refractivity contribution in [3.63, 3.8) is 0 Å². The van der Waals surface area contributed by atoms with E-state index >= 15 is 0 Å². The normalized spacial score (nSPS) is 22.7. The Morgan fingerprint density at radius 2 is 1.96 bits per heavy atom. The quantitative estimate of drug-likeness (QED) is 0.857. The zero-order valence-corrected chi connectivity index (χ0v) is 14.7. The first-order valence-electron chi connectivity index (χ1n) is 9.16. The first-order valence-corrected chi connectivity index (χ1v) is 9.16. The van der Waals surface area contributed by atoms with Crippen LogP contribution in [0.3, 0.4) is 0 Å². The van der Waals surface area contributed by atoms with Crippen LogP contribution in [0.5, 0.6) is 0 Å². The minimum absolute atomic E-state index is 0.0442. The lowest BCUT2D eigenvalue weighted by atomic mass is 9.94. The van der Waals surface area contributed by atoms with Gasteiger partial charge in [0, 0.05) is 38.4 Å². The maximum absolute atomic E-state index is 12.8.